The highest BCUT2D eigenvalue weighted by atomic mass is 16.5. The van der Waals surface area contributed by atoms with Crippen molar-refractivity contribution in [3.8, 4) is 0 Å². The Labute approximate surface area is 174 Å². The van der Waals surface area contributed by atoms with Gasteiger partial charge in [-0.15, -0.1) is 0 Å². The number of hydrogen-bond acceptors (Lipinski definition) is 5. The third kappa shape index (κ3) is 3.61. The van der Waals surface area contributed by atoms with Crippen molar-refractivity contribution in [1.29, 1.82) is 0 Å². The van der Waals surface area contributed by atoms with Gasteiger partial charge in [0.05, 0.1) is 17.9 Å². The number of aliphatic hydroxyl groups excluding tert-OH is 1. The van der Waals surface area contributed by atoms with E-state index >= 15 is 0 Å². The standard InChI is InChI=1S/C24H36O5/c1-12(2)22(27)29-20-13(3)8-9-16-17(23(16,6)7)10-14(4)21(26)24(28)11-15(5)19(25)18(20)24/h10,12,15-20,25,28H,3,8-9,11H2,1-2,4-7H3/b14-10+/t15-,16-,17+,18+,19-,20-,24+/m0/s1. The fourth-order valence-electron chi connectivity index (χ4n) is 5.57. The van der Waals surface area contributed by atoms with Crippen LogP contribution in [0.15, 0.2) is 23.8 Å². The smallest absolute Gasteiger partial charge is 0.308 e. The van der Waals surface area contributed by atoms with Crippen molar-refractivity contribution < 1.29 is 24.5 Å². The lowest BCUT2D eigenvalue weighted by Gasteiger charge is -2.37. The average Bonchev–Trinajstić information content (AvgIpc) is 3.05. The second kappa shape index (κ2) is 7.35. The molecule has 2 saturated carbocycles. The van der Waals surface area contributed by atoms with Crippen LogP contribution in [0.5, 0.6) is 0 Å². The molecule has 5 nitrogen and oxygen atoms in total. The molecule has 0 heterocycles. The molecule has 0 radical (unpaired) electrons. The van der Waals surface area contributed by atoms with E-state index in [0.717, 1.165) is 6.42 Å². The van der Waals surface area contributed by atoms with Gasteiger partial charge >= 0.3 is 5.97 Å². The van der Waals surface area contributed by atoms with Gasteiger partial charge in [0.1, 0.15) is 11.7 Å². The fourth-order valence-corrected chi connectivity index (χ4v) is 5.57. The third-order valence-electron chi connectivity index (χ3n) is 7.68. The lowest BCUT2D eigenvalue weighted by atomic mass is 9.77. The molecule has 3 aliphatic rings. The Balaban J connectivity index is 2.07. The van der Waals surface area contributed by atoms with E-state index in [4.69, 9.17) is 4.74 Å². The summed E-state index contributed by atoms with van der Waals surface area (Å²) in [5.41, 5.74) is -0.483. The minimum atomic E-state index is -1.77. The lowest BCUT2D eigenvalue weighted by molar-refractivity contribution is -0.165. The zero-order valence-corrected chi connectivity index (χ0v) is 18.6. The van der Waals surface area contributed by atoms with Crippen LogP contribution in [0.2, 0.25) is 0 Å². The van der Waals surface area contributed by atoms with Crippen molar-refractivity contribution in [3.05, 3.63) is 23.8 Å². The van der Waals surface area contributed by atoms with Gasteiger partial charge in [0, 0.05) is 0 Å². The molecular formula is C24H36O5. The molecule has 2 fully saturated rings. The van der Waals surface area contributed by atoms with E-state index in [-0.39, 0.29) is 35.4 Å². The van der Waals surface area contributed by atoms with Gasteiger partial charge in [-0.3, -0.25) is 9.59 Å². The van der Waals surface area contributed by atoms with Crippen LogP contribution in [0.1, 0.15) is 60.8 Å². The predicted molar refractivity (Wildman–Crippen MR) is 111 cm³/mol. The van der Waals surface area contributed by atoms with Crippen molar-refractivity contribution in [1.82, 2.24) is 0 Å². The maximum absolute atomic E-state index is 13.4. The van der Waals surface area contributed by atoms with Crippen LogP contribution in [0.4, 0.5) is 0 Å². The van der Waals surface area contributed by atoms with Crippen LogP contribution in [0.3, 0.4) is 0 Å². The number of Topliss-reactive ketones (excluding diaryl/α,β-unsaturated/α-hetero) is 1. The van der Waals surface area contributed by atoms with Crippen LogP contribution in [-0.2, 0) is 14.3 Å². The zero-order valence-electron chi connectivity index (χ0n) is 18.6. The maximum Gasteiger partial charge on any atom is 0.308 e. The molecule has 0 aromatic carbocycles. The third-order valence-corrected chi connectivity index (χ3v) is 7.68. The Hall–Kier alpha value is -1.46. The molecule has 0 aromatic heterocycles. The fraction of sp³-hybridized carbons (Fsp3) is 0.750. The van der Waals surface area contributed by atoms with Crippen LogP contribution >= 0.6 is 0 Å². The van der Waals surface area contributed by atoms with Crippen LogP contribution < -0.4 is 0 Å². The van der Waals surface area contributed by atoms with E-state index < -0.39 is 29.7 Å². The summed E-state index contributed by atoms with van der Waals surface area (Å²) < 4.78 is 5.79. The summed E-state index contributed by atoms with van der Waals surface area (Å²) in [5, 5.41) is 22.5. The highest BCUT2D eigenvalue weighted by Crippen LogP contribution is 2.62. The van der Waals surface area contributed by atoms with Crippen molar-refractivity contribution in [2.75, 3.05) is 0 Å². The van der Waals surface area contributed by atoms with Crippen molar-refractivity contribution in [2.45, 2.75) is 78.6 Å². The SMILES string of the molecule is C=C1CC[C@H]2[C@@H](/C=C(\C)C(=O)[C@@]3(O)C[C@H](C)[C@H](O)[C@@H]3[C@H]1OC(=O)C(C)C)C2(C)C. The minimum absolute atomic E-state index is 0.0929. The quantitative estimate of drug-likeness (QED) is 0.544. The Kier molecular flexibility index (Phi) is 5.63. The molecule has 0 amide bonds. The summed E-state index contributed by atoms with van der Waals surface area (Å²) in [4.78, 5) is 25.9. The summed E-state index contributed by atoms with van der Waals surface area (Å²) in [6, 6.07) is 0. The highest BCUT2D eigenvalue weighted by Gasteiger charge is 2.61. The normalized spacial score (nSPS) is 43.7. The van der Waals surface area contributed by atoms with Gasteiger partial charge in [-0.25, -0.2) is 0 Å². The largest absolute Gasteiger partial charge is 0.457 e. The molecule has 162 valence electrons. The van der Waals surface area contributed by atoms with Crippen molar-refractivity contribution in [2.24, 2.45) is 35.0 Å². The Morgan fingerprint density at radius 3 is 2.55 bits per heavy atom. The van der Waals surface area contributed by atoms with Crippen molar-refractivity contribution in [3.63, 3.8) is 0 Å². The average molecular weight is 405 g/mol. The van der Waals surface area contributed by atoms with E-state index in [2.05, 4.69) is 20.4 Å². The summed E-state index contributed by atoms with van der Waals surface area (Å²) >= 11 is 0. The first-order chi connectivity index (χ1) is 13.3. The first kappa shape index (κ1) is 22.2. The number of ketones is 1. The topological polar surface area (TPSA) is 83.8 Å². The van der Waals surface area contributed by atoms with E-state index in [9.17, 15) is 19.8 Å². The van der Waals surface area contributed by atoms with E-state index in [1.807, 2.05) is 13.0 Å². The Morgan fingerprint density at radius 1 is 1.34 bits per heavy atom. The Bertz CT molecular complexity index is 748. The van der Waals surface area contributed by atoms with E-state index in [1.54, 1.807) is 20.8 Å². The summed E-state index contributed by atoms with van der Waals surface area (Å²) in [7, 11) is 0. The molecule has 0 aliphatic heterocycles. The molecule has 29 heavy (non-hydrogen) atoms. The van der Waals surface area contributed by atoms with Crippen LogP contribution in [-0.4, -0.2) is 39.8 Å². The summed E-state index contributed by atoms with van der Waals surface area (Å²) in [6.45, 7) is 15.6. The van der Waals surface area contributed by atoms with Gasteiger partial charge in [0.15, 0.2) is 5.78 Å². The van der Waals surface area contributed by atoms with Gasteiger partial charge in [0.2, 0.25) is 0 Å². The van der Waals surface area contributed by atoms with Gasteiger partial charge in [-0.1, -0.05) is 47.3 Å². The number of esters is 1. The monoisotopic (exact) mass is 404 g/mol. The first-order valence-corrected chi connectivity index (χ1v) is 10.8. The van der Waals surface area contributed by atoms with Crippen molar-refractivity contribution >= 4 is 11.8 Å². The molecule has 0 aromatic rings. The maximum atomic E-state index is 13.4. The summed E-state index contributed by atoms with van der Waals surface area (Å²) in [6.07, 6.45) is 1.82. The minimum Gasteiger partial charge on any atom is -0.457 e. The number of aliphatic hydroxyl groups is 2. The van der Waals surface area contributed by atoms with Crippen LogP contribution in [0.25, 0.3) is 0 Å². The Morgan fingerprint density at radius 2 is 1.97 bits per heavy atom. The zero-order chi connectivity index (χ0) is 21.9. The molecule has 0 bridgehead atoms. The molecule has 0 saturated heterocycles. The number of carbonyl (C=O) groups excluding carboxylic acids is 2. The van der Waals surface area contributed by atoms with E-state index in [0.29, 0.717) is 23.5 Å². The van der Waals surface area contributed by atoms with Gasteiger partial charge in [-0.05, 0) is 60.5 Å². The highest BCUT2D eigenvalue weighted by molar-refractivity contribution is 6.02. The number of ether oxygens (including phenoxy) is 1. The van der Waals surface area contributed by atoms with E-state index in [1.165, 1.54) is 0 Å². The predicted octanol–water partition coefficient (Wildman–Crippen LogP) is 3.44. The molecule has 0 spiro atoms. The number of allylic oxidation sites excluding steroid dienone is 1. The molecule has 5 heteroatoms. The molecule has 2 N–H and O–H groups in total. The number of fused-ring (bicyclic) bond motifs is 2. The molecule has 0 unspecified atom stereocenters. The molecular weight excluding hydrogens is 368 g/mol. The number of hydrogen-bond donors (Lipinski definition) is 2. The summed E-state index contributed by atoms with van der Waals surface area (Å²) in [5.74, 6) is -1.64. The number of carbonyl (C=O) groups is 2. The van der Waals surface area contributed by atoms with Crippen LogP contribution in [0, 0.1) is 35.0 Å². The second-order valence-corrected chi connectivity index (χ2v) is 10.5. The van der Waals surface area contributed by atoms with Gasteiger partial charge < -0.3 is 14.9 Å². The second-order valence-electron chi connectivity index (χ2n) is 10.5. The molecule has 3 aliphatic carbocycles. The van der Waals surface area contributed by atoms with Gasteiger partial charge in [-0.2, -0.15) is 0 Å². The molecule has 3 rings (SSSR count). The first-order valence-electron chi connectivity index (χ1n) is 10.8. The van der Waals surface area contributed by atoms with Gasteiger partial charge in [0.25, 0.3) is 0 Å². The lowest BCUT2D eigenvalue weighted by Crippen LogP contribution is -2.52. The number of rotatable bonds is 2. The molecule has 7 atom stereocenters.